The maximum Gasteiger partial charge on any atom is 0.0601 e. The molecule has 0 amide bonds. The Bertz CT molecular complexity index is 496. The summed E-state index contributed by atoms with van der Waals surface area (Å²) in [6, 6.07) is 14.5. The van der Waals surface area contributed by atoms with Crippen LogP contribution in [0.2, 0.25) is 0 Å². The lowest BCUT2D eigenvalue weighted by Gasteiger charge is -2.25. The van der Waals surface area contributed by atoms with E-state index in [2.05, 4.69) is 47.1 Å². The number of anilines is 1. The summed E-state index contributed by atoms with van der Waals surface area (Å²) in [6.07, 6.45) is 2.75. The van der Waals surface area contributed by atoms with Gasteiger partial charge in [-0.3, -0.25) is 4.98 Å². The van der Waals surface area contributed by atoms with Crippen molar-refractivity contribution in [2.75, 3.05) is 18.0 Å². The van der Waals surface area contributed by atoms with Gasteiger partial charge in [0, 0.05) is 18.4 Å². The summed E-state index contributed by atoms with van der Waals surface area (Å²) in [5, 5.41) is 0. The Balaban J connectivity index is 2.22. The molecule has 1 aromatic heterocycles. The molecule has 0 aliphatic carbocycles. The summed E-state index contributed by atoms with van der Waals surface area (Å²) in [4.78, 5) is 6.74. The van der Waals surface area contributed by atoms with E-state index in [0.29, 0.717) is 6.54 Å². The maximum atomic E-state index is 5.69. The Morgan fingerprint density at radius 1 is 1.11 bits per heavy atom. The second-order valence-electron chi connectivity index (χ2n) is 4.50. The van der Waals surface area contributed by atoms with Crippen molar-refractivity contribution in [3.63, 3.8) is 0 Å². The molecule has 0 aliphatic heterocycles. The van der Waals surface area contributed by atoms with Crippen LogP contribution in [0.1, 0.15) is 18.2 Å². The summed E-state index contributed by atoms with van der Waals surface area (Å²) in [5.41, 5.74) is 9.36. The second kappa shape index (κ2) is 6.90. The van der Waals surface area contributed by atoms with Crippen molar-refractivity contribution < 1.29 is 0 Å². The van der Waals surface area contributed by atoms with Gasteiger partial charge in [0.2, 0.25) is 0 Å². The molecule has 2 aromatic rings. The highest BCUT2D eigenvalue weighted by molar-refractivity contribution is 5.53. The molecule has 0 fully saturated rings. The van der Waals surface area contributed by atoms with Crippen LogP contribution in [0, 0.1) is 0 Å². The number of aromatic nitrogens is 1. The van der Waals surface area contributed by atoms with Gasteiger partial charge in [0.25, 0.3) is 0 Å². The summed E-state index contributed by atoms with van der Waals surface area (Å²) >= 11 is 0. The Morgan fingerprint density at radius 3 is 2.58 bits per heavy atom. The van der Waals surface area contributed by atoms with E-state index in [1.807, 2.05) is 18.3 Å². The van der Waals surface area contributed by atoms with E-state index in [1.54, 1.807) is 0 Å². The topological polar surface area (TPSA) is 42.2 Å². The molecular formula is C16H21N3. The molecule has 0 bridgehead atoms. The van der Waals surface area contributed by atoms with Crippen LogP contribution in [0.4, 0.5) is 5.69 Å². The van der Waals surface area contributed by atoms with Gasteiger partial charge in [-0.25, -0.2) is 0 Å². The van der Waals surface area contributed by atoms with Crippen molar-refractivity contribution >= 4 is 5.69 Å². The van der Waals surface area contributed by atoms with Gasteiger partial charge >= 0.3 is 0 Å². The van der Waals surface area contributed by atoms with Gasteiger partial charge in [0.1, 0.15) is 0 Å². The average Bonchev–Trinajstić information content (AvgIpc) is 2.47. The van der Waals surface area contributed by atoms with E-state index in [9.17, 15) is 0 Å². The van der Waals surface area contributed by atoms with Gasteiger partial charge in [-0.1, -0.05) is 24.3 Å². The fraction of sp³-hybridized carbons (Fsp3) is 0.312. The highest BCUT2D eigenvalue weighted by Gasteiger charge is 2.09. The first kappa shape index (κ1) is 13.6. The van der Waals surface area contributed by atoms with Crippen LogP contribution in [0.3, 0.4) is 0 Å². The third-order valence-electron chi connectivity index (χ3n) is 3.21. The first-order valence-electron chi connectivity index (χ1n) is 6.78. The zero-order chi connectivity index (χ0) is 13.5. The number of rotatable bonds is 6. The second-order valence-corrected chi connectivity index (χ2v) is 4.50. The van der Waals surface area contributed by atoms with E-state index in [1.165, 1.54) is 11.3 Å². The molecular weight excluding hydrogens is 234 g/mol. The minimum atomic E-state index is 0.679. The third kappa shape index (κ3) is 3.55. The van der Waals surface area contributed by atoms with Crippen molar-refractivity contribution in [3.05, 3.63) is 59.9 Å². The summed E-state index contributed by atoms with van der Waals surface area (Å²) in [6.45, 7) is 4.64. The Hall–Kier alpha value is -1.87. The summed E-state index contributed by atoms with van der Waals surface area (Å²) in [5.74, 6) is 0. The molecule has 3 nitrogen and oxygen atoms in total. The molecule has 19 heavy (non-hydrogen) atoms. The van der Waals surface area contributed by atoms with Crippen molar-refractivity contribution in [2.45, 2.75) is 19.9 Å². The molecule has 0 spiro atoms. The standard InChI is InChI=1S/C16H21N3/c1-2-19(13-15-8-5-6-12-18-15)16-9-4-3-7-14(16)10-11-17/h3-9,12H,2,10-11,13,17H2,1H3. The molecule has 0 aliphatic rings. The number of hydrogen-bond donors (Lipinski definition) is 1. The van der Waals surface area contributed by atoms with Crippen LogP contribution >= 0.6 is 0 Å². The molecule has 3 heteroatoms. The molecule has 1 aromatic carbocycles. The molecule has 2 rings (SSSR count). The molecule has 0 saturated heterocycles. The number of hydrogen-bond acceptors (Lipinski definition) is 3. The molecule has 0 unspecified atom stereocenters. The number of nitrogens with two attached hydrogens (primary N) is 1. The van der Waals surface area contributed by atoms with Gasteiger partial charge < -0.3 is 10.6 Å². The average molecular weight is 255 g/mol. The first-order valence-corrected chi connectivity index (χ1v) is 6.78. The van der Waals surface area contributed by atoms with E-state index in [4.69, 9.17) is 5.73 Å². The quantitative estimate of drug-likeness (QED) is 0.862. The molecule has 2 N–H and O–H groups in total. The van der Waals surface area contributed by atoms with E-state index < -0.39 is 0 Å². The smallest absolute Gasteiger partial charge is 0.0601 e. The van der Waals surface area contributed by atoms with Crippen molar-refractivity contribution in [3.8, 4) is 0 Å². The minimum absolute atomic E-state index is 0.679. The largest absolute Gasteiger partial charge is 0.366 e. The molecule has 100 valence electrons. The fourth-order valence-corrected chi connectivity index (χ4v) is 2.24. The zero-order valence-corrected chi connectivity index (χ0v) is 11.4. The van der Waals surface area contributed by atoms with E-state index >= 15 is 0 Å². The maximum absolute atomic E-state index is 5.69. The van der Waals surface area contributed by atoms with E-state index in [0.717, 1.165) is 25.2 Å². The molecule has 0 saturated carbocycles. The number of benzene rings is 1. The Labute approximate surface area is 115 Å². The van der Waals surface area contributed by atoms with Crippen LogP contribution in [0.25, 0.3) is 0 Å². The monoisotopic (exact) mass is 255 g/mol. The lowest BCUT2D eigenvalue weighted by molar-refractivity contribution is 0.799. The molecule has 0 radical (unpaired) electrons. The van der Waals surface area contributed by atoms with Gasteiger partial charge in [0.15, 0.2) is 0 Å². The summed E-state index contributed by atoms with van der Waals surface area (Å²) in [7, 11) is 0. The lowest BCUT2D eigenvalue weighted by atomic mass is 10.1. The zero-order valence-electron chi connectivity index (χ0n) is 11.4. The van der Waals surface area contributed by atoms with Crippen LogP contribution < -0.4 is 10.6 Å². The first-order chi connectivity index (χ1) is 9.35. The SMILES string of the molecule is CCN(Cc1ccccn1)c1ccccc1CCN. The predicted molar refractivity (Wildman–Crippen MR) is 80.2 cm³/mol. The normalized spacial score (nSPS) is 10.4. The lowest BCUT2D eigenvalue weighted by Crippen LogP contribution is -2.24. The van der Waals surface area contributed by atoms with Crippen molar-refractivity contribution in [2.24, 2.45) is 5.73 Å². The fourth-order valence-electron chi connectivity index (χ4n) is 2.24. The third-order valence-corrected chi connectivity index (χ3v) is 3.21. The van der Waals surface area contributed by atoms with Gasteiger partial charge in [-0.2, -0.15) is 0 Å². The molecule has 1 heterocycles. The minimum Gasteiger partial charge on any atom is -0.366 e. The van der Waals surface area contributed by atoms with Crippen LogP contribution in [0.15, 0.2) is 48.7 Å². The van der Waals surface area contributed by atoms with Gasteiger partial charge in [-0.05, 0) is 43.7 Å². The van der Waals surface area contributed by atoms with Crippen LogP contribution in [-0.4, -0.2) is 18.1 Å². The van der Waals surface area contributed by atoms with Gasteiger partial charge in [-0.15, -0.1) is 0 Å². The number of nitrogens with zero attached hydrogens (tertiary/aromatic N) is 2. The van der Waals surface area contributed by atoms with Gasteiger partial charge in [0.05, 0.1) is 12.2 Å². The summed E-state index contributed by atoms with van der Waals surface area (Å²) < 4.78 is 0. The van der Waals surface area contributed by atoms with Crippen LogP contribution in [-0.2, 0) is 13.0 Å². The predicted octanol–water partition coefficient (Wildman–Crippen LogP) is 2.61. The number of para-hydroxylation sites is 1. The Kier molecular flexibility index (Phi) is 4.93. The highest BCUT2D eigenvalue weighted by Crippen LogP contribution is 2.22. The van der Waals surface area contributed by atoms with E-state index in [-0.39, 0.29) is 0 Å². The number of pyridine rings is 1. The molecule has 0 atom stereocenters. The highest BCUT2D eigenvalue weighted by atomic mass is 15.1. The van der Waals surface area contributed by atoms with Crippen LogP contribution in [0.5, 0.6) is 0 Å². The van der Waals surface area contributed by atoms with Crippen molar-refractivity contribution in [1.29, 1.82) is 0 Å². The Morgan fingerprint density at radius 2 is 1.89 bits per heavy atom. The van der Waals surface area contributed by atoms with Crippen molar-refractivity contribution in [1.82, 2.24) is 4.98 Å².